The lowest BCUT2D eigenvalue weighted by Gasteiger charge is -2.07. The van der Waals surface area contributed by atoms with E-state index in [2.05, 4.69) is 43.1 Å². The van der Waals surface area contributed by atoms with E-state index in [0.29, 0.717) is 12.0 Å². The standard InChI is InChI=1S/C18H13NO2.C12H16O5/c1-2-18(20)21-19-12-17-15-9-5-3-7-13(15)11-14-8-4-6-10-16(14)17;1-8(11(13)14)5-6-16-12(15)9(2)3-4-10-7-17-10/h2-12H,1H2;10H,1-7H2,(H,13,14). The van der Waals surface area contributed by atoms with Crippen molar-refractivity contribution >= 4 is 45.7 Å². The molecule has 0 bridgehead atoms. The summed E-state index contributed by atoms with van der Waals surface area (Å²) in [6, 6.07) is 18.2. The minimum absolute atomic E-state index is 0.0168. The number of hydrogen-bond donors (Lipinski definition) is 1. The van der Waals surface area contributed by atoms with Crippen LogP contribution in [-0.2, 0) is 28.7 Å². The molecule has 1 fully saturated rings. The van der Waals surface area contributed by atoms with Gasteiger partial charge in [0.1, 0.15) is 0 Å². The number of carboxylic acid groups (broad SMARTS) is 1. The number of fused-ring (bicyclic) bond motifs is 2. The molecule has 8 nitrogen and oxygen atoms in total. The maximum absolute atomic E-state index is 11.4. The maximum atomic E-state index is 11.4. The van der Waals surface area contributed by atoms with E-state index < -0.39 is 17.9 Å². The molecule has 1 aliphatic rings. The highest BCUT2D eigenvalue weighted by Crippen LogP contribution is 2.27. The van der Waals surface area contributed by atoms with Crippen molar-refractivity contribution in [1.82, 2.24) is 0 Å². The Kier molecular flexibility index (Phi) is 10.1. The first kappa shape index (κ1) is 28.0. The van der Waals surface area contributed by atoms with E-state index in [1.165, 1.54) is 0 Å². The quantitative estimate of drug-likeness (QED) is 0.0696. The number of carbonyl (C=O) groups excluding carboxylic acids is 2. The first-order chi connectivity index (χ1) is 18.3. The van der Waals surface area contributed by atoms with Gasteiger partial charge in [-0.2, -0.15) is 0 Å². The third kappa shape index (κ3) is 8.25. The Bertz CT molecular complexity index is 1350. The molecule has 4 rings (SSSR count). The van der Waals surface area contributed by atoms with Crippen LogP contribution < -0.4 is 0 Å². The zero-order valence-corrected chi connectivity index (χ0v) is 20.9. The van der Waals surface area contributed by atoms with Crippen molar-refractivity contribution in [3.8, 4) is 0 Å². The molecule has 1 atom stereocenters. The molecule has 38 heavy (non-hydrogen) atoms. The highest BCUT2D eigenvalue weighted by atomic mass is 16.7. The minimum atomic E-state index is -1.08. The van der Waals surface area contributed by atoms with Gasteiger partial charge in [-0.05, 0) is 40.5 Å². The number of carboxylic acids is 1. The number of aliphatic carboxylic acids is 1. The highest BCUT2D eigenvalue weighted by Gasteiger charge is 2.23. The van der Waals surface area contributed by atoms with Gasteiger partial charge in [-0.25, -0.2) is 14.4 Å². The van der Waals surface area contributed by atoms with E-state index in [-0.39, 0.29) is 24.7 Å². The normalized spacial score (nSPS) is 13.8. The lowest BCUT2D eigenvalue weighted by atomic mass is 9.97. The van der Waals surface area contributed by atoms with Gasteiger partial charge < -0.3 is 19.4 Å². The van der Waals surface area contributed by atoms with Crippen LogP contribution in [0.3, 0.4) is 0 Å². The lowest BCUT2D eigenvalue weighted by molar-refractivity contribution is -0.140. The molecular formula is C30H29NO7. The van der Waals surface area contributed by atoms with Gasteiger partial charge in [0.15, 0.2) is 0 Å². The number of esters is 1. The Morgan fingerprint density at radius 1 is 1.00 bits per heavy atom. The van der Waals surface area contributed by atoms with Crippen molar-refractivity contribution in [2.24, 2.45) is 5.16 Å². The van der Waals surface area contributed by atoms with Crippen molar-refractivity contribution in [3.63, 3.8) is 0 Å². The second-order valence-corrected chi connectivity index (χ2v) is 8.47. The summed E-state index contributed by atoms with van der Waals surface area (Å²) in [4.78, 5) is 37.6. The average molecular weight is 516 g/mol. The van der Waals surface area contributed by atoms with Crippen LogP contribution in [0.15, 0.2) is 96.7 Å². The third-order valence-corrected chi connectivity index (χ3v) is 5.70. The number of ether oxygens (including phenoxy) is 2. The summed E-state index contributed by atoms with van der Waals surface area (Å²) in [7, 11) is 0. The van der Waals surface area contributed by atoms with Crippen molar-refractivity contribution in [1.29, 1.82) is 0 Å². The molecule has 1 saturated heterocycles. The summed E-state index contributed by atoms with van der Waals surface area (Å²) in [6.07, 6.45) is 4.36. The molecular weight excluding hydrogens is 486 g/mol. The van der Waals surface area contributed by atoms with Crippen LogP contribution >= 0.6 is 0 Å². The van der Waals surface area contributed by atoms with Gasteiger partial charge in [-0.15, -0.1) is 0 Å². The monoisotopic (exact) mass is 515 g/mol. The number of benzene rings is 3. The first-order valence-electron chi connectivity index (χ1n) is 11.9. The predicted octanol–water partition coefficient (Wildman–Crippen LogP) is 5.35. The third-order valence-electron chi connectivity index (χ3n) is 5.70. The van der Waals surface area contributed by atoms with E-state index >= 15 is 0 Å². The molecule has 3 aromatic carbocycles. The average Bonchev–Trinajstić information content (AvgIpc) is 3.76. The Morgan fingerprint density at radius 2 is 1.61 bits per heavy atom. The smallest absolute Gasteiger partial charge is 0.357 e. The van der Waals surface area contributed by atoms with Crippen LogP contribution in [0.2, 0.25) is 0 Å². The number of carbonyl (C=O) groups is 3. The van der Waals surface area contributed by atoms with E-state index in [9.17, 15) is 14.4 Å². The molecule has 0 amide bonds. The Hall–Kier alpha value is -4.56. The maximum Gasteiger partial charge on any atom is 0.357 e. The molecule has 196 valence electrons. The fraction of sp³-hybridized carbons (Fsp3) is 0.200. The number of hydrogen-bond acceptors (Lipinski definition) is 7. The molecule has 3 aromatic rings. The van der Waals surface area contributed by atoms with E-state index in [0.717, 1.165) is 46.2 Å². The Morgan fingerprint density at radius 3 is 2.16 bits per heavy atom. The first-order valence-corrected chi connectivity index (χ1v) is 11.9. The predicted molar refractivity (Wildman–Crippen MR) is 146 cm³/mol. The van der Waals surface area contributed by atoms with Crippen LogP contribution in [0.5, 0.6) is 0 Å². The van der Waals surface area contributed by atoms with Crippen molar-refractivity contribution in [2.45, 2.75) is 25.4 Å². The number of nitrogens with zero attached hydrogens (tertiary/aromatic N) is 1. The molecule has 0 aromatic heterocycles. The largest absolute Gasteiger partial charge is 0.478 e. The van der Waals surface area contributed by atoms with Gasteiger partial charge in [0.25, 0.3) is 0 Å². The molecule has 0 radical (unpaired) electrons. The Labute approximate surface area is 220 Å². The molecule has 0 spiro atoms. The zero-order valence-electron chi connectivity index (χ0n) is 20.9. The van der Waals surface area contributed by atoms with Gasteiger partial charge in [-0.1, -0.05) is 73.4 Å². The van der Waals surface area contributed by atoms with E-state index in [4.69, 9.17) is 19.4 Å². The van der Waals surface area contributed by atoms with Crippen molar-refractivity contribution < 1.29 is 33.8 Å². The van der Waals surface area contributed by atoms with Crippen LogP contribution in [0.4, 0.5) is 0 Å². The molecule has 1 N–H and O–H groups in total. The van der Waals surface area contributed by atoms with Gasteiger partial charge in [0.2, 0.25) is 0 Å². The van der Waals surface area contributed by atoms with Crippen LogP contribution in [0.25, 0.3) is 21.5 Å². The summed E-state index contributed by atoms with van der Waals surface area (Å²) < 4.78 is 9.88. The number of epoxide rings is 1. The fourth-order valence-electron chi connectivity index (χ4n) is 3.50. The second-order valence-electron chi connectivity index (χ2n) is 8.47. The highest BCUT2D eigenvalue weighted by molar-refractivity contribution is 6.13. The molecule has 1 unspecified atom stereocenters. The van der Waals surface area contributed by atoms with Gasteiger partial charge in [0, 0.05) is 29.2 Å². The molecule has 0 saturated carbocycles. The van der Waals surface area contributed by atoms with Crippen LogP contribution in [-0.4, -0.2) is 48.5 Å². The molecule has 1 aliphatic heterocycles. The summed E-state index contributed by atoms with van der Waals surface area (Å²) in [6.45, 7) is 11.1. The van der Waals surface area contributed by atoms with Crippen molar-refractivity contribution in [2.75, 3.05) is 13.2 Å². The Balaban J connectivity index is 0.000000216. The number of oxime groups is 1. The molecule has 8 heteroatoms. The van der Waals surface area contributed by atoms with Crippen LogP contribution in [0.1, 0.15) is 24.8 Å². The lowest BCUT2D eigenvalue weighted by Crippen LogP contribution is -2.11. The van der Waals surface area contributed by atoms with E-state index in [1.54, 1.807) is 6.21 Å². The zero-order chi connectivity index (χ0) is 27.5. The SMILES string of the molecule is C=C(CCOC(=O)C(=C)CCC1CO1)C(=O)O.C=CC(=O)ON=Cc1c2ccccc2cc2ccccc12. The summed E-state index contributed by atoms with van der Waals surface area (Å²) in [5.74, 6) is -2.13. The summed E-state index contributed by atoms with van der Waals surface area (Å²) in [5, 5.41) is 16.7. The topological polar surface area (TPSA) is 115 Å². The fourth-order valence-corrected chi connectivity index (χ4v) is 3.50. The second kappa shape index (κ2) is 13.7. The summed E-state index contributed by atoms with van der Waals surface area (Å²) in [5.41, 5.74) is 1.34. The van der Waals surface area contributed by atoms with Gasteiger partial charge in [0.05, 0.1) is 25.5 Å². The van der Waals surface area contributed by atoms with Gasteiger partial charge >= 0.3 is 17.9 Å². The summed E-state index contributed by atoms with van der Waals surface area (Å²) >= 11 is 0. The van der Waals surface area contributed by atoms with Crippen LogP contribution in [0, 0.1) is 0 Å². The van der Waals surface area contributed by atoms with E-state index in [1.807, 2.05) is 36.4 Å². The minimum Gasteiger partial charge on any atom is -0.478 e. The molecule has 0 aliphatic carbocycles. The number of rotatable bonds is 11. The molecule has 1 heterocycles. The van der Waals surface area contributed by atoms with Gasteiger partial charge in [-0.3, -0.25) is 0 Å². The van der Waals surface area contributed by atoms with Crippen molar-refractivity contribution in [3.05, 3.63) is 97.1 Å².